The average Bonchev–Trinajstić information content (AvgIpc) is 2.66. The Hall–Kier alpha value is -3.12. The molecule has 0 aliphatic heterocycles. The first-order chi connectivity index (χ1) is 12.4. The maximum atomic E-state index is 12.0. The van der Waals surface area contributed by atoms with Crippen LogP contribution in [-0.4, -0.2) is 36.1 Å². The van der Waals surface area contributed by atoms with Crippen molar-refractivity contribution in [2.75, 3.05) is 25.1 Å². The van der Waals surface area contributed by atoms with Crippen LogP contribution < -0.4 is 20.5 Å². The van der Waals surface area contributed by atoms with Crippen LogP contribution in [0.15, 0.2) is 51.9 Å². The van der Waals surface area contributed by atoms with E-state index in [0.29, 0.717) is 17.4 Å². The second kappa shape index (κ2) is 8.82. The molecule has 2 rings (SSSR count). The van der Waals surface area contributed by atoms with Crippen molar-refractivity contribution in [3.63, 3.8) is 0 Å². The van der Waals surface area contributed by atoms with Gasteiger partial charge >= 0.3 is 0 Å². The summed E-state index contributed by atoms with van der Waals surface area (Å²) in [5.74, 6) is 0.327. The van der Waals surface area contributed by atoms with Crippen LogP contribution >= 0.6 is 15.9 Å². The van der Waals surface area contributed by atoms with Gasteiger partial charge in [-0.05, 0) is 28.1 Å². The number of amides is 1. The van der Waals surface area contributed by atoms with E-state index in [0.717, 1.165) is 4.47 Å². The number of hydrogen-bond donors (Lipinski definition) is 2. The molecule has 0 aromatic carbocycles. The highest BCUT2D eigenvalue weighted by Gasteiger charge is 2.11. The molecule has 0 spiro atoms. The van der Waals surface area contributed by atoms with Gasteiger partial charge in [0.1, 0.15) is 29.8 Å². The second-order valence-corrected chi connectivity index (χ2v) is 6.04. The maximum absolute atomic E-state index is 12.0. The third-order valence-corrected chi connectivity index (χ3v) is 3.77. The zero-order valence-electron chi connectivity index (χ0n) is 14.0. The molecule has 2 aromatic heterocycles. The fourth-order valence-corrected chi connectivity index (χ4v) is 2.30. The van der Waals surface area contributed by atoms with Gasteiger partial charge in [-0.15, -0.1) is 0 Å². The summed E-state index contributed by atoms with van der Waals surface area (Å²) in [5.41, 5.74) is 0.0153. The van der Waals surface area contributed by atoms with E-state index >= 15 is 0 Å². The molecule has 1 amide bonds. The number of rotatable bonds is 7. The zero-order valence-corrected chi connectivity index (χ0v) is 15.5. The number of hydrogen-bond acceptors (Lipinski definition) is 6. The molecule has 0 aliphatic carbocycles. The Morgan fingerprint density at radius 3 is 3.04 bits per heavy atom. The number of pyridine rings is 2. The van der Waals surface area contributed by atoms with Gasteiger partial charge in [-0.3, -0.25) is 9.59 Å². The number of ether oxygens (including phenoxy) is 1. The lowest BCUT2D eigenvalue weighted by Gasteiger charge is -2.18. The van der Waals surface area contributed by atoms with Crippen LogP contribution in [0.5, 0.6) is 5.88 Å². The monoisotopic (exact) mass is 417 g/mol. The van der Waals surface area contributed by atoms with E-state index in [1.54, 1.807) is 48.5 Å². The highest BCUT2D eigenvalue weighted by Crippen LogP contribution is 2.22. The number of H-pyrrole nitrogens is 1. The molecule has 134 valence electrons. The SMILES string of the molecule is C=C(C#N)C(=O)NCCOc1cccc(N(C)c2cc(Br)c[nH]c2=O)n1. The maximum Gasteiger partial charge on any atom is 0.271 e. The molecule has 2 N–H and O–H groups in total. The van der Waals surface area contributed by atoms with E-state index in [9.17, 15) is 9.59 Å². The van der Waals surface area contributed by atoms with Crippen molar-refractivity contribution in [3.8, 4) is 11.9 Å². The molecule has 0 aliphatic rings. The summed E-state index contributed by atoms with van der Waals surface area (Å²) in [6.07, 6.45) is 1.56. The molecule has 9 heteroatoms. The average molecular weight is 418 g/mol. The standard InChI is InChI=1S/C17H16BrN5O3/c1-11(9-19)16(24)20-6-7-26-15-5-3-4-14(22-15)23(2)13-8-12(18)10-21-17(13)25/h3-5,8,10H,1,6-7H2,2H3,(H,20,24)(H,21,25). The Morgan fingerprint density at radius 1 is 1.54 bits per heavy atom. The molecule has 26 heavy (non-hydrogen) atoms. The lowest BCUT2D eigenvalue weighted by Crippen LogP contribution is -2.28. The molecule has 8 nitrogen and oxygen atoms in total. The number of carbonyl (C=O) groups excluding carboxylic acids is 1. The number of nitrogens with zero attached hydrogens (tertiary/aromatic N) is 3. The van der Waals surface area contributed by atoms with Crippen LogP contribution in [-0.2, 0) is 4.79 Å². The highest BCUT2D eigenvalue weighted by atomic mass is 79.9. The third kappa shape index (κ3) is 4.94. The van der Waals surface area contributed by atoms with E-state index < -0.39 is 5.91 Å². The van der Waals surface area contributed by atoms with Crippen LogP contribution in [0, 0.1) is 11.3 Å². The Labute approximate surface area is 158 Å². The lowest BCUT2D eigenvalue weighted by atomic mass is 10.3. The van der Waals surface area contributed by atoms with Gasteiger partial charge in [0, 0.05) is 23.8 Å². The van der Waals surface area contributed by atoms with Crippen molar-refractivity contribution in [1.29, 1.82) is 5.26 Å². The Balaban J connectivity index is 2.00. The van der Waals surface area contributed by atoms with Crippen molar-refractivity contribution < 1.29 is 9.53 Å². The minimum Gasteiger partial charge on any atom is -0.476 e. The predicted molar refractivity (Wildman–Crippen MR) is 100 cm³/mol. The summed E-state index contributed by atoms with van der Waals surface area (Å²) in [7, 11) is 1.72. The van der Waals surface area contributed by atoms with Crippen LogP contribution in [0.1, 0.15) is 0 Å². The van der Waals surface area contributed by atoms with Gasteiger partial charge < -0.3 is 19.9 Å². The first-order valence-corrected chi connectivity index (χ1v) is 8.30. The van der Waals surface area contributed by atoms with Gasteiger partial charge in [-0.1, -0.05) is 12.6 Å². The number of aromatic amines is 1. The van der Waals surface area contributed by atoms with Gasteiger partial charge in [-0.25, -0.2) is 0 Å². The topological polar surface area (TPSA) is 111 Å². The molecule has 2 heterocycles. The van der Waals surface area contributed by atoms with Crippen molar-refractivity contribution in [2.24, 2.45) is 0 Å². The number of aromatic nitrogens is 2. The van der Waals surface area contributed by atoms with E-state index in [1.807, 2.05) is 0 Å². The Kier molecular flexibility index (Phi) is 6.52. The van der Waals surface area contributed by atoms with E-state index in [-0.39, 0.29) is 24.3 Å². The summed E-state index contributed by atoms with van der Waals surface area (Å²) in [5, 5.41) is 11.1. The fraction of sp³-hybridized carbons (Fsp3) is 0.176. The third-order valence-electron chi connectivity index (χ3n) is 3.31. The highest BCUT2D eigenvalue weighted by molar-refractivity contribution is 9.10. The van der Waals surface area contributed by atoms with Crippen LogP contribution in [0.25, 0.3) is 0 Å². The van der Waals surface area contributed by atoms with Gasteiger partial charge in [0.15, 0.2) is 0 Å². The molecule has 0 fully saturated rings. The number of nitriles is 1. The molecule has 0 unspecified atom stereocenters. The first kappa shape index (κ1) is 19.2. The van der Waals surface area contributed by atoms with Crippen LogP contribution in [0.4, 0.5) is 11.5 Å². The minimum atomic E-state index is -0.536. The van der Waals surface area contributed by atoms with E-state index in [4.69, 9.17) is 10.00 Å². The normalized spacial score (nSPS) is 9.88. The molecule has 0 saturated carbocycles. The quantitative estimate of drug-likeness (QED) is 0.404. The second-order valence-electron chi connectivity index (χ2n) is 5.12. The van der Waals surface area contributed by atoms with Crippen molar-refractivity contribution in [1.82, 2.24) is 15.3 Å². The minimum absolute atomic E-state index is 0.161. The number of halogens is 1. The summed E-state index contributed by atoms with van der Waals surface area (Å²) in [4.78, 5) is 32.0. The lowest BCUT2D eigenvalue weighted by molar-refractivity contribution is -0.117. The molecule has 0 radical (unpaired) electrons. The van der Waals surface area contributed by atoms with E-state index in [2.05, 4.69) is 37.8 Å². The number of anilines is 2. The fourth-order valence-electron chi connectivity index (χ4n) is 1.97. The molecule has 0 atom stereocenters. The van der Waals surface area contributed by atoms with Gasteiger partial charge in [0.05, 0.1) is 6.54 Å². The predicted octanol–water partition coefficient (Wildman–Crippen LogP) is 1.88. The molecular formula is C17H16BrN5O3. The van der Waals surface area contributed by atoms with Crippen molar-refractivity contribution in [2.45, 2.75) is 0 Å². The van der Waals surface area contributed by atoms with Gasteiger partial charge in [0.25, 0.3) is 11.5 Å². The molecule has 2 aromatic rings. The van der Waals surface area contributed by atoms with E-state index in [1.165, 1.54) is 0 Å². The number of nitrogens with one attached hydrogen (secondary N) is 2. The largest absolute Gasteiger partial charge is 0.476 e. The molecular weight excluding hydrogens is 402 g/mol. The Morgan fingerprint density at radius 2 is 2.31 bits per heavy atom. The molecule has 0 saturated heterocycles. The van der Waals surface area contributed by atoms with Crippen LogP contribution in [0.2, 0.25) is 0 Å². The summed E-state index contributed by atoms with van der Waals surface area (Å²) >= 11 is 3.32. The van der Waals surface area contributed by atoms with Crippen LogP contribution in [0.3, 0.4) is 0 Å². The smallest absolute Gasteiger partial charge is 0.271 e. The Bertz CT molecular complexity index is 919. The summed E-state index contributed by atoms with van der Waals surface area (Å²) < 4.78 is 6.23. The number of carbonyl (C=O) groups is 1. The van der Waals surface area contributed by atoms with Crippen molar-refractivity contribution >= 4 is 33.3 Å². The summed E-state index contributed by atoms with van der Waals surface area (Å²) in [6, 6.07) is 8.51. The summed E-state index contributed by atoms with van der Waals surface area (Å²) in [6.45, 7) is 3.69. The molecule has 0 bridgehead atoms. The first-order valence-electron chi connectivity index (χ1n) is 7.51. The van der Waals surface area contributed by atoms with Gasteiger partial charge in [-0.2, -0.15) is 10.2 Å². The van der Waals surface area contributed by atoms with Crippen molar-refractivity contribution in [3.05, 3.63) is 57.4 Å². The zero-order chi connectivity index (χ0) is 19.1. The van der Waals surface area contributed by atoms with Gasteiger partial charge in [0.2, 0.25) is 5.88 Å².